The lowest BCUT2D eigenvalue weighted by molar-refractivity contribution is -0.116. The van der Waals surface area contributed by atoms with Crippen LogP contribution in [0.2, 0.25) is 0 Å². The van der Waals surface area contributed by atoms with Gasteiger partial charge in [0.15, 0.2) is 0 Å². The highest BCUT2D eigenvalue weighted by molar-refractivity contribution is 7.92. The molecule has 2 aromatic rings. The van der Waals surface area contributed by atoms with Crippen molar-refractivity contribution in [3.8, 4) is 0 Å². The zero-order chi connectivity index (χ0) is 15.0. The molecule has 0 bridgehead atoms. The van der Waals surface area contributed by atoms with E-state index < -0.39 is 10.0 Å². The fourth-order valence-electron chi connectivity index (χ4n) is 2.39. The standard InChI is InChI=1S/C14H14N2O3S2/c1-10(17)16-6-4-11-2-3-13(8-14(11)16)21(18,19)15-12-5-7-20-9-12/h2-3,5,7-9,15H,4,6H2,1H3. The van der Waals surface area contributed by atoms with Gasteiger partial charge in [0.1, 0.15) is 0 Å². The molecule has 5 nitrogen and oxygen atoms in total. The maximum Gasteiger partial charge on any atom is 0.261 e. The third-order valence-corrected chi connectivity index (χ3v) is 5.48. The summed E-state index contributed by atoms with van der Waals surface area (Å²) in [6.45, 7) is 2.09. The van der Waals surface area contributed by atoms with Gasteiger partial charge in [0.25, 0.3) is 10.0 Å². The summed E-state index contributed by atoms with van der Waals surface area (Å²) in [5.41, 5.74) is 2.24. The van der Waals surface area contributed by atoms with Crippen molar-refractivity contribution >= 4 is 38.6 Å². The molecule has 1 aliphatic heterocycles. The number of hydrogen-bond donors (Lipinski definition) is 1. The van der Waals surface area contributed by atoms with Gasteiger partial charge in [0, 0.05) is 24.5 Å². The lowest BCUT2D eigenvalue weighted by Gasteiger charge is -2.15. The van der Waals surface area contributed by atoms with Gasteiger partial charge in [-0.2, -0.15) is 11.3 Å². The van der Waals surface area contributed by atoms with Crippen LogP contribution in [0.1, 0.15) is 12.5 Å². The second-order valence-electron chi connectivity index (χ2n) is 4.83. The summed E-state index contributed by atoms with van der Waals surface area (Å²) in [7, 11) is -3.64. The topological polar surface area (TPSA) is 66.5 Å². The first-order valence-corrected chi connectivity index (χ1v) is 8.86. The van der Waals surface area contributed by atoms with Crippen LogP contribution in [0.5, 0.6) is 0 Å². The lowest BCUT2D eigenvalue weighted by atomic mass is 10.2. The molecule has 110 valence electrons. The minimum absolute atomic E-state index is 0.0749. The van der Waals surface area contributed by atoms with Crippen LogP contribution < -0.4 is 9.62 Å². The van der Waals surface area contributed by atoms with Gasteiger partial charge in [-0.1, -0.05) is 6.07 Å². The highest BCUT2D eigenvalue weighted by Crippen LogP contribution is 2.31. The fourth-order valence-corrected chi connectivity index (χ4v) is 4.12. The Morgan fingerprint density at radius 2 is 2.14 bits per heavy atom. The van der Waals surface area contributed by atoms with Crippen LogP contribution in [-0.4, -0.2) is 20.9 Å². The van der Waals surface area contributed by atoms with Crippen molar-refractivity contribution in [1.29, 1.82) is 0 Å². The number of nitrogens with zero attached hydrogens (tertiary/aromatic N) is 1. The van der Waals surface area contributed by atoms with Crippen molar-refractivity contribution < 1.29 is 13.2 Å². The van der Waals surface area contributed by atoms with Crippen LogP contribution in [-0.2, 0) is 21.2 Å². The van der Waals surface area contributed by atoms with Crippen LogP contribution in [0.25, 0.3) is 0 Å². The largest absolute Gasteiger partial charge is 0.312 e. The van der Waals surface area contributed by atoms with E-state index in [-0.39, 0.29) is 10.8 Å². The number of benzene rings is 1. The van der Waals surface area contributed by atoms with Gasteiger partial charge in [-0.25, -0.2) is 8.42 Å². The molecule has 7 heteroatoms. The fraction of sp³-hybridized carbons (Fsp3) is 0.214. The zero-order valence-electron chi connectivity index (χ0n) is 11.4. The van der Waals surface area contributed by atoms with E-state index in [1.165, 1.54) is 18.3 Å². The van der Waals surface area contributed by atoms with Crippen LogP contribution in [0.15, 0.2) is 39.9 Å². The van der Waals surface area contributed by atoms with E-state index in [1.54, 1.807) is 39.9 Å². The Bertz CT molecular complexity index is 783. The van der Waals surface area contributed by atoms with Crippen LogP contribution in [0.4, 0.5) is 11.4 Å². The summed E-state index contributed by atoms with van der Waals surface area (Å²) in [6.07, 6.45) is 0.757. The Morgan fingerprint density at radius 1 is 1.33 bits per heavy atom. The quantitative estimate of drug-likeness (QED) is 0.944. The van der Waals surface area contributed by atoms with Gasteiger partial charge in [-0.15, -0.1) is 0 Å². The molecule has 0 unspecified atom stereocenters. The summed E-state index contributed by atoms with van der Waals surface area (Å²) in [5, 5.41) is 3.53. The molecule has 0 saturated carbocycles. The molecule has 1 aromatic heterocycles. The van der Waals surface area contributed by atoms with Gasteiger partial charge in [-0.05, 0) is 35.6 Å². The molecular formula is C14H14N2O3S2. The summed E-state index contributed by atoms with van der Waals surface area (Å²) in [4.78, 5) is 13.4. The summed E-state index contributed by atoms with van der Waals surface area (Å²) in [6, 6.07) is 6.63. The van der Waals surface area contributed by atoms with Crippen LogP contribution >= 0.6 is 11.3 Å². The first kappa shape index (κ1) is 14.1. The first-order chi connectivity index (χ1) is 9.97. The number of amides is 1. The molecule has 0 aliphatic carbocycles. The average Bonchev–Trinajstić information content (AvgIpc) is 3.05. The third-order valence-electron chi connectivity index (χ3n) is 3.42. The molecule has 21 heavy (non-hydrogen) atoms. The molecule has 2 heterocycles. The van der Waals surface area contributed by atoms with E-state index in [2.05, 4.69) is 4.72 Å². The van der Waals surface area contributed by atoms with Crippen molar-refractivity contribution in [2.75, 3.05) is 16.2 Å². The summed E-state index contributed by atoms with van der Waals surface area (Å²) >= 11 is 1.42. The van der Waals surface area contributed by atoms with E-state index in [0.717, 1.165) is 12.0 Å². The molecule has 0 spiro atoms. The summed E-state index contributed by atoms with van der Waals surface area (Å²) in [5.74, 6) is -0.0749. The van der Waals surface area contributed by atoms with Crippen LogP contribution in [0, 0.1) is 0 Å². The number of nitrogens with one attached hydrogen (secondary N) is 1. The Labute approximate surface area is 127 Å². The first-order valence-electron chi connectivity index (χ1n) is 6.43. The smallest absolute Gasteiger partial charge is 0.261 e. The molecule has 0 atom stereocenters. The second kappa shape index (κ2) is 5.16. The predicted octanol–water partition coefficient (Wildman–Crippen LogP) is 2.46. The molecule has 1 amide bonds. The maximum atomic E-state index is 12.4. The van der Waals surface area contributed by atoms with E-state index in [9.17, 15) is 13.2 Å². The maximum absolute atomic E-state index is 12.4. The second-order valence-corrected chi connectivity index (χ2v) is 7.29. The van der Waals surface area contributed by atoms with Gasteiger partial charge in [0.05, 0.1) is 10.6 Å². The van der Waals surface area contributed by atoms with Crippen molar-refractivity contribution in [2.24, 2.45) is 0 Å². The molecule has 1 aromatic carbocycles. The van der Waals surface area contributed by atoms with Gasteiger partial charge < -0.3 is 4.90 Å². The molecule has 1 N–H and O–H groups in total. The molecule has 0 saturated heterocycles. The van der Waals surface area contributed by atoms with Crippen molar-refractivity contribution in [2.45, 2.75) is 18.2 Å². The number of sulfonamides is 1. The highest BCUT2D eigenvalue weighted by atomic mass is 32.2. The molecule has 1 aliphatic rings. The average molecular weight is 322 g/mol. The minimum atomic E-state index is -3.64. The number of carbonyl (C=O) groups is 1. The number of rotatable bonds is 3. The van der Waals surface area contributed by atoms with E-state index in [4.69, 9.17) is 0 Å². The van der Waals surface area contributed by atoms with Crippen molar-refractivity contribution in [1.82, 2.24) is 0 Å². The SMILES string of the molecule is CC(=O)N1CCc2ccc(S(=O)(=O)Nc3ccsc3)cc21. The number of fused-ring (bicyclic) bond motifs is 1. The van der Waals surface area contributed by atoms with E-state index >= 15 is 0 Å². The molecule has 3 rings (SSSR count). The number of carbonyl (C=O) groups excluding carboxylic acids is 1. The molecular weight excluding hydrogens is 308 g/mol. The Kier molecular flexibility index (Phi) is 3.46. The normalized spacial score (nSPS) is 14.0. The third kappa shape index (κ3) is 2.66. The van der Waals surface area contributed by atoms with Gasteiger partial charge in [0.2, 0.25) is 5.91 Å². The number of thiophene rings is 1. The van der Waals surface area contributed by atoms with Crippen LogP contribution in [0.3, 0.4) is 0 Å². The Morgan fingerprint density at radius 3 is 2.81 bits per heavy atom. The summed E-state index contributed by atoms with van der Waals surface area (Å²) < 4.78 is 27.3. The van der Waals surface area contributed by atoms with E-state index in [0.29, 0.717) is 17.9 Å². The number of hydrogen-bond acceptors (Lipinski definition) is 4. The highest BCUT2D eigenvalue weighted by Gasteiger charge is 2.25. The molecule has 0 radical (unpaired) electrons. The Hall–Kier alpha value is -1.86. The predicted molar refractivity (Wildman–Crippen MR) is 83.3 cm³/mol. The lowest BCUT2D eigenvalue weighted by Crippen LogP contribution is -2.26. The van der Waals surface area contributed by atoms with Crippen molar-refractivity contribution in [3.63, 3.8) is 0 Å². The Balaban J connectivity index is 1.97. The molecule has 0 fully saturated rings. The number of anilines is 2. The van der Waals surface area contributed by atoms with Gasteiger partial charge in [-0.3, -0.25) is 9.52 Å². The minimum Gasteiger partial charge on any atom is -0.312 e. The monoisotopic (exact) mass is 322 g/mol. The van der Waals surface area contributed by atoms with Crippen molar-refractivity contribution in [3.05, 3.63) is 40.6 Å². The van der Waals surface area contributed by atoms with E-state index in [1.807, 2.05) is 0 Å². The zero-order valence-corrected chi connectivity index (χ0v) is 13.0. The van der Waals surface area contributed by atoms with Gasteiger partial charge >= 0.3 is 0 Å².